The summed E-state index contributed by atoms with van der Waals surface area (Å²) in [5.41, 5.74) is 7.57. The quantitative estimate of drug-likeness (QED) is 0.662. The summed E-state index contributed by atoms with van der Waals surface area (Å²) in [5.74, 6) is -0.233. The van der Waals surface area contributed by atoms with E-state index in [4.69, 9.17) is 4.74 Å². The number of ether oxygens (including phenoxy) is 1. The molecular weight excluding hydrogens is 274 g/mol. The molecule has 0 radical (unpaired) electrons. The Balaban J connectivity index is 2.62. The number of amides is 2. The minimum absolute atomic E-state index is 0.178. The third-order valence-corrected chi connectivity index (χ3v) is 2.75. The van der Waals surface area contributed by atoms with Crippen molar-refractivity contribution in [3.63, 3.8) is 0 Å². The van der Waals surface area contributed by atoms with Crippen LogP contribution in [0.15, 0.2) is 4.99 Å². The van der Waals surface area contributed by atoms with Crippen LogP contribution in [-0.4, -0.2) is 47.6 Å². The molecule has 3 N–H and O–H groups in total. The van der Waals surface area contributed by atoms with Gasteiger partial charge in [-0.25, -0.2) is 20.7 Å². The number of aliphatic imine (C=N–C) groups is 1. The maximum absolute atomic E-state index is 12.2. The summed E-state index contributed by atoms with van der Waals surface area (Å²) in [6, 6.07) is 0.204. The number of hydrazine groups is 2. The lowest BCUT2D eigenvalue weighted by atomic mass is 10.2. The van der Waals surface area contributed by atoms with Crippen LogP contribution in [0.1, 0.15) is 41.0 Å². The van der Waals surface area contributed by atoms with E-state index in [1.54, 1.807) is 27.7 Å². The number of carbonyl (C=O) groups excluding carboxylic acids is 2. The molecule has 8 heteroatoms. The molecule has 0 saturated carbocycles. The first-order valence-corrected chi connectivity index (χ1v) is 7.14. The number of hydrogen-bond acceptors (Lipinski definition) is 6. The maximum Gasteiger partial charge on any atom is 0.426 e. The van der Waals surface area contributed by atoms with Gasteiger partial charge >= 0.3 is 12.0 Å². The van der Waals surface area contributed by atoms with E-state index in [2.05, 4.69) is 21.3 Å². The topological polar surface area (TPSA) is 95.1 Å². The Morgan fingerprint density at radius 1 is 1.43 bits per heavy atom. The van der Waals surface area contributed by atoms with Gasteiger partial charge in [0.05, 0.1) is 6.54 Å². The molecule has 1 aliphatic heterocycles. The number of nitrogens with one attached hydrogen (secondary N) is 3. The minimum Gasteiger partial charge on any atom is -0.443 e. The van der Waals surface area contributed by atoms with Crippen LogP contribution < -0.4 is 16.3 Å². The number of hydrogen-bond donors (Lipinski definition) is 3. The van der Waals surface area contributed by atoms with Gasteiger partial charge in [0.15, 0.2) is 0 Å². The molecule has 0 saturated heterocycles. The zero-order valence-electron chi connectivity index (χ0n) is 13.3. The van der Waals surface area contributed by atoms with Gasteiger partial charge in [-0.15, -0.1) is 0 Å². The normalized spacial score (nSPS) is 18.3. The van der Waals surface area contributed by atoms with E-state index in [0.29, 0.717) is 13.1 Å². The third kappa shape index (κ3) is 5.58. The molecule has 0 aliphatic carbocycles. The fourth-order valence-corrected chi connectivity index (χ4v) is 1.62. The van der Waals surface area contributed by atoms with Gasteiger partial charge in [-0.1, -0.05) is 6.92 Å². The number of amidine groups is 1. The van der Waals surface area contributed by atoms with Crippen molar-refractivity contribution in [1.82, 2.24) is 21.3 Å². The number of likely N-dealkylation sites (N-methyl/N-ethyl adjacent to an activating group) is 1. The zero-order valence-corrected chi connectivity index (χ0v) is 13.3. The van der Waals surface area contributed by atoms with E-state index in [1.165, 1.54) is 0 Å². The van der Waals surface area contributed by atoms with E-state index in [-0.39, 0.29) is 11.9 Å². The molecule has 0 fully saturated rings. The fraction of sp³-hybridized carbons (Fsp3) is 0.769. The lowest BCUT2D eigenvalue weighted by molar-refractivity contribution is -0.127. The summed E-state index contributed by atoms with van der Waals surface area (Å²) in [6.07, 6.45) is 0.236. The Hall–Kier alpha value is -1.83. The second-order valence-corrected chi connectivity index (χ2v) is 5.73. The van der Waals surface area contributed by atoms with Crippen LogP contribution in [0.5, 0.6) is 0 Å². The van der Waals surface area contributed by atoms with Crippen molar-refractivity contribution in [1.29, 1.82) is 0 Å². The lowest BCUT2D eigenvalue weighted by Gasteiger charge is -2.28. The molecule has 120 valence electrons. The second kappa shape index (κ2) is 7.26. The van der Waals surface area contributed by atoms with Gasteiger partial charge in [0.1, 0.15) is 5.60 Å². The fourth-order valence-electron chi connectivity index (χ4n) is 1.62. The van der Waals surface area contributed by atoms with E-state index >= 15 is 0 Å². The third-order valence-electron chi connectivity index (χ3n) is 2.75. The van der Waals surface area contributed by atoms with Gasteiger partial charge < -0.3 is 10.2 Å². The molecule has 0 aromatic carbocycles. The molecular formula is C13H25N5O3. The van der Waals surface area contributed by atoms with Gasteiger partial charge in [0.25, 0.3) is 0 Å². The Bertz CT molecular complexity index is 417. The SMILES string of the molecule is CCC1CN=C(C(=O)N(CC)NC(=O)OC(C)(C)C)NN1. The molecule has 21 heavy (non-hydrogen) atoms. The largest absolute Gasteiger partial charge is 0.443 e. The smallest absolute Gasteiger partial charge is 0.426 e. The molecule has 1 aliphatic rings. The Labute approximate surface area is 125 Å². The van der Waals surface area contributed by atoms with Gasteiger partial charge in [-0.05, 0) is 34.1 Å². The molecule has 0 aromatic heterocycles. The van der Waals surface area contributed by atoms with Gasteiger partial charge in [0, 0.05) is 12.6 Å². The van der Waals surface area contributed by atoms with Crippen LogP contribution in [0.3, 0.4) is 0 Å². The predicted octanol–water partition coefficient (Wildman–Crippen LogP) is 0.560. The number of rotatable bonds is 3. The van der Waals surface area contributed by atoms with Gasteiger partial charge in [0.2, 0.25) is 5.84 Å². The first-order valence-electron chi connectivity index (χ1n) is 7.14. The van der Waals surface area contributed by atoms with Crippen molar-refractivity contribution in [3.8, 4) is 0 Å². The highest BCUT2D eigenvalue weighted by molar-refractivity contribution is 6.37. The second-order valence-electron chi connectivity index (χ2n) is 5.73. The maximum atomic E-state index is 12.2. The van der Waals surface area contributed by atoms with E-state index < -0.39 is 17.6 Å². The Kier molecular flexibility index (Phi) is 5.95. The number of carbonyl (C=O) groups is 2. The van der Waals surface area contributed by atoms with Crippen molar-refractivity contribution < 1.29 is 14.3 Å². The molecule has 0 spiro atoms. The van der Waals surface area contributed by atoms with Crippen LogP contribution in [0.2, 0.25) is 0 Å². The molecule has 2 amide bonds. The van der Waals surface area contributed by atoms with Crippen LogP contribution in [0.25, 0.3) is 0 Å². The summed E-state index contributed by atoms with van der Waals surface area (Å²) in [4.78, 5) is 28.2. The summed E-state index contributed by atoms with van der Waals surface area (Å²) >= 11 is 0. The minimum atomic E-state index is -0.673. The molecule has 0 aromatic rings. The lowest BCUT2D eigenvalue weighted by Crippen LogP contribution is -2.58. The highest BCUT2D eigenvalue weighted by atomic mass is 16.6. The molecule has 1 atom stereocenters. The Morgan fingerprint density at radius 3 is 2.52 bits per heavy atom. The van der Waals surface area contributed by atoms with Crippen LogP contribution in [0, 0.1) is 0 Å². The number of nitrogens with zero attached hydrogens (tertiary/aromatic N) is 2. The van der Waals surface area contributed by atoms with Gasteiger partial charge in [-0.2, -0.15) is 0 Å². The highest BCUT2D eigenvalue weighted by Crippen LogP contribution is 2.06. The van der Waals surface area contributed by atoms with Crippen LogP contribution >= 0.6 is 0 Å². The summed E-state index contributed by atoms with van der Waals surface area (Å²) in [6.45, 7) is 9.88. The standard InChI is InChI=1S/C13H25N5O3/c1-6-9-8-14-10(16-15-9)11(19)18(7-2)17-12(20)21-13(3,4)5/h9,15H,6-8H2,1-5H3,(H,14,16)(H,17,20). The van der Waals surface area contributed by atoms with Crippen molar-refractivity contribution in [3.05, 3.63) is 0 Å². The highest BCUT2D eigenvalue weighted by Gasteiger charge is 2.25. The van der Waals surface area contributed by atoms with Crippen molar-refractivity contribution in [2.75, 3.05) is 13.1 Å². The van der Waals surface area contributed by atoms with Crippen LogP contribution in [0.4, 0.5) is 4.79 Å². The first kappa shape index (κ1) is 17.2. The Morgan fingerprint density at radius 2 is 2.10 bits per heavy atom. The van der Waals surface area contributed by atoms with Crippen LogP contribution in [-0.2, 0) is 9.53 Å². The van der Waals surface area contributed by atoms with E-state index in [0.717, 1.165) is 11.4 Å². The first-order chi connectivity index (χ1) is 9.76. The molecule has 8 nitrogen and oxygen atoms in total. The molecule has 1 rings (SSSR count). The van der Waals surface area contributed by atoms with Crippen molar-refractivity contribution in [2.45, 2.75) is 52.7 Å². The zero-order chi connectivity index (χ0) is 16.0. The average molecular weight is 299 g/mol. The van der Waals surface area contributed by atoms with Crippen molar-refractivity contribution >= 4 is 17.8 Å². The van der Waals surface area contributed by atoms with Gasteiger partial charge in [-0.3, -0.25) is 9.79 Å². The molecule has 0 bridgehead atoms. The monoisotopic (exact) mass is 299 g/mol. The van der Waals surface area contributed by atoms with E-state index in [1.807, 2.05) is 6.92 Å². The van der Waals surface area contributed by atoms with Crippen molar-refractivity contribution in [2.24, 2.45) is 4.99 Å². The summed E-state index contributed by atoms with van der Waals surface area (Å²) < 4.78 is 5.12. The molecule has 1 heterocycles. The summed E-state index contributed by atoms with van der Waals surface area (Å²) in [5, 5.41) is 1.16. The molecule has 1 unspecified atom stereocenters. The van der Waals surface area contributed by atoms with E-state index in [9.17, 15) is 9.59 Å². The average Bonchev–Trinajstić information content (AvgIpc) is 2.42. The predicted molar refractivity (Wildman–Crippen MR) is 79.4 cm³/mol. The summed E-state index contributed by atoms with van der Waals surface area (Å²) in [7, 11) is 0.